The highest BCUT2D eigenvalue weighted by atomic mass is 32.5. The molecule has 0 bridgehead atoms. The molecule has 4 heterocycles. The van der Waals surface area contributed by atoms with E-state index in [1.165, 1.54) is 12.7 Å². The predicted molar refractivity (Wildman–Crippen MR) is 169 cm³/mol. The largest absolute Gasteiger partial charge is 0.481 e. The average Bonchev–Trinajstić information content (AvgIpc) is 3.60. The van der Waals surface area contributed by atoms with Crippen LogP contribution in [0.4, 0.5) is 5.82 Å². The van der Waals surface area contributed by atoms with Crippen molar-refractivity contribution in [2.45, 2.75) is 89.3 Å². The van der Waals surface area contributed by atoms with Crippen LogP contribution < -0.4 is 11.5 Å². The van der Waals surface area contributed by atoms with Crippen LogP contribution in [0.25, 0.3) is 11.2 Å². The van der Waals surface area contributed by atoms with Gasteiger partial charge < -0.3 is 59.3 Å². The fraction of sp³-hybridized carbons (Fsp3) is 0.640. The lowest BCUT2D eigenvalue weighted by Crippen LogP contribution is -2.64. The van der Waals surface area contributed by atoms with Gasteiger partial charge in [0.05, 0.1) is 19.0 Å². The molecule has 0 aliphatic carbocycles. The normalized spacial score (nSPS) is 29.3. The molecule has 2 aromatic rings. The zero-order chi connectivity index (χ0) is 37.8. The molecule has 2 aliphatic heterocycles. The van der Waals surface area contributed by atoms with Gasteiger partial charge in [-0.05, 0) is 11.8 Å². The summed E-state index contributed by atoms with van der Waals surface area (Å²) in [6, 6.07) is -0.695. The van der Waals surface area contributed by atoms with E-state index >= 15 is 0 Å². The van der Waals surface area contributed by atoms with Crippen LogP contribution in [-0.4, -0.2) is 120 Å². The number of carbonyl (C=O) groups is 4. The number of rotatable bonds is 14. The number of nitrogen functional groups attached to an aromatic ring is 1. The summed E-state index contributed by atoms with van der Waals surface area (Å²) in [7, 11) is -5.58. The molecule has 11 atom stereocenters. The van der Waals surface area contributed by atoms with Crippen LogP contribution >= 0.6 is 14.5 Å². The van der Waals surface area contributed by atoms with Crippen LogP contribution in [0, 0.1) is 0 Å². The molecule has 26 heteroatoms. The quantitative estimate of drug-likeness (QED) is 0.0856. The first kappa shape index (κ1) is 40.5. The second-order valence-corrected chi connectivity index (χ2v) is 15.5. The monoisotopic (exact) mass is 786 g/mol. The molecule has 0 aromatic carbocycles. The Kier molecular flexibility index (Phi) is 13.2. The van der Waals surface area contributed by atoms with Crippen molar-refractivity contribution in [3.05, 3.63) is 12.7 Å². The van der Waals surface area contributed by atoms with Gasteiger partial charge in [0, 0.05) is 40.2 Å². The summed E-state index contributed by atoms with van der Waals surface area (Å²) in [5.41, 5.74) is 12.7. The highest BCUT2D eigenvalue weighted by Crippen LogP contribution is 2.62. The van der Waals surface area contributed by atoms with E-state index in [0.717, 1.165) is 27.7 Å². The third kappa shape index (κ3) is 10.7. The minimum atomic E-state index is -5.58. The maximum absolute atomic E-state index is 13.2. The average molecular weight is 787 g/mol. The zero-order valence-electron chi connectivity index (χ0n) is 27.3. The first-order chi connectivity index (χ1) is 23.8. The number of imidazole rings is 1. The van der Waals surface area contributed by atoms with Crippen LogP contribution in [-0.2, 0) is 77.3 Å². The van der Waals surface area contributed by atoms with Gasteiger partial charge in [0.25, 0.3) is 0 Å². The van der Waals surface area contributed by atoms with Crippen molar-refractivity contribution in [1.29, 1.82) is 0 Å². The minimum Gasteiger partial charge on any atom is -0.462 e. The standard InChI is InChI=1S/C25H36N6O17P2S/c1-10(32)40-6-16(42-11(2)33)20-21(43-12(3)34)19(36)22(44-13(4)35)25(46-20)47-49(37,38)48-50(39,51)41-7-15-14(26)5-17(45-15)31-9-30-18-23(27)28-8-29-24(18)31/h8-9,14-17,19-22,25,36H,5-7,26H2,1-4H3,(H,37,38)(H,39,51)(H2,27,28,29)/t14-,15+,16-,17+,19?,20?,21?,22?,25?,50?/m0/s1. The number of anilines is 1. The summed E-state index contributed by atoms with van der Waals surface area (Å²) in [5.74, 6) is -3.65. The highest BCUT2D eigenvalue weighted by molar-refractivity contribution is 8.08. The Morgan fingerprint density at radius 2 is 1.71 bits per heavy atom. The molecule has 284 valence electrons. The van der Waals surface area contributed by atoms with Crippen molar-refractivity contribution in [2.24, 2.45) is 5.73 Å². The maximum atomic E-state index is 13.2. The predicted octanol–water partition coefficient (Wildman–Crippen LogP) is -1.17. The number of aliphatic hydroxyl groups is 1. The Bertz CT molecular complexity index is 1720. The fourth-order valence-electron chi connectivity index (χ4n) is 5.13. The number of esters is 4. The van der Waals surface area contributed by atoms with Gasteiger partial charge in [-0.15, -0.1) is 0 Å². The molecule has 7 N–H and O–H groups in total. The second kappa shape index (κ2) is 16.6. The molecule has 2 saturated heterocycles. The van der Waals surface area contributed by atoms with Crippen LogP contribution in [0.2, 0.25) is 0 Å². The van der Waals surface area contributed by atoms with E-state index < -0.39 is 107 Å². The van der Waals surface area contributed by atoms with Gasteiger partial charge in [0.15, 0.2) is 29.8 Å². The van der Waals surface area contributed by atoms with Crippen molar-refractivity contribution < 1.29 is 80.4 Å². The summed E-state index contributed by atoms with van der Waals surface area (Å²) < 4.78 is 61.6. The van der Waals surface area contributed by atoms with Crippen molar-refractivity contribution in [3.8, 4) is 0 Å². The second-order valence-electron chi connectivity index (χ2n) is 11.1. The topological polar surface area (TPSA) is 325 Å². The van der Waals surface area contributed by atoms with E-state index in [0.29, 0.717) is 11.2 Å². The maximum Gasteiger partial charge on any atom is 0.481 e. The van der Waals surface area contributed by atoms with Gasteiger partial charge in [0.1, 0.15) is 36.9 Å². The van der Waals surface area contributed by atoms with Crippen molar-refractivity contribution in [2.75, 3.05) is 18.9 Å². The number of hydrogen-bond donors (Lipinski definition) is 5. The lowest BCUT2D eigenvalue weighted by molar-refractivity contribution is -0.299. The molecule has 51 heavy (non-hydrogen) atoms. The van der Waals surface area contributed by atoms with Crippen LogP contribution in [0.3, 0.4) is 0 Å². The Labute approximate surface area is 293 Å². The van der Waals surface area contributed by atoms with Gasteiger partial charge in [-0.2, -0.15) is 0 Å². The Hall–Kier alpha value is -3.25. The number of phosphoric acid groups is 1. The molecule has 0 amide bonds. The number of nitrogens with two attached hydrogens (primary N) is 2. The van der Waals surface area contributed by atoms with Crippen LogP contribution in [0.5, 0.6) is 0 Å². The molecule has 2 aromatic heterocycles. The van der Waals surface area contributed by atoms with Crippen molar-refractivity contribution >= 4 is 67.2 Å². The molecule has 23 nitrogen and oxygen atoms in total. The lowest BCUT2D eigenvalue weighted by Gasteiger charge is -2.44. The number of fused-ring (bicyclic) bond motifs is 1. The number of carbonyl (C=O) groups excluding carboxylic acids is 4. The first-order valence-electron chi connectivity index (χ1n) is 14.8. The van der Waals surface area contributed by atoms with Crippen molar-refractivity contribution in [1.82, 2.24) is 19.5 Å². The number of ether oxygens (including phenoxy) is 6. The highest BCUT2D eigenvalue weighted by Gasteiger charge is 2.55. The number of aromatic nitrogens is 4. The third-order valence-electron chi connectivity index (χ3n) is 7.12. The van der Waals surface area contributed by atoms with Crippen molar-refractivity contribution in [3.63, 3.8) is 0 Å². The first-order valence-corrected chi connectivity index (χ1v) is 18.9. The van der Waals surface area contributed by atoms with E-state index in [2.05, 4.69) is 15.0 Å². The molecule has 0 radical (unpaired) electrons. The van der Waals surface area contributed by atoms with Gasteiger partial charge >= 0.3 is 38.4 Å². The molecule has 4 rings (SSSR count). The van der Waals surface area contributed by atoms with Crippen LogP contribution in [0.1, 0.15) is 40.3 Å². The van der Waals surface area contributed by atoms with E-state index in [9.17, 15) is 38.6 Å². The van der Waals surface area contributed by atoms with Gasteiger partial charge in [-0.3, -0.25) is 28.3 Å². The minimum absolute atomic E-state index is 0.146. The molecule has 7 unspecified atom stereocenters. The zero-order valence-corrected chi connectivity index (χ0v) is 29.9. The Balaban J connectivity index is 1.48. The third-order valence-corrected chi connectivity index (χ3v) is 10.6. The molecular formula is C25H36N6O17P2S. The smallest absolute Gasteiger partial charge is 0.462 e. The van der Waals surface area contributed by atoms with Crippen LogP contribution in [0.15, 0.2) is 12.7 Å². The van der Waals surface area contributed by atoms with E-state index in [1.807, 2.05) is 0 Å². The summed E-state index contributed by atoms with van der Waals surface area (Å²) in [6.07, 6.45) is -10.3. The SMILES string of the molecule is CC(=O)OC[C@H](OC(C)=O)C1OC(OP(=O)(O)OP(O)(=S)OC[C@H]2O[C@@H](n3cnc4c(N)ncnc43)C[C@@H]2N)C(OC(C)=O)C(O)C1OC(C)=O. The van der Waals surface area contributed by atoms with E-state index in [-0.39, 0.29) is 12.2 Å². The molecule has 0 saturated carbocycles. The van der Waals surface area contributed by atoms with Gasteiger partial charge in [-0.1, -0.05) is 0 Å². The Morgan fingerprint density at radius 3 is 2.33 bits per heavy atom. The number of nitrogens with zero attached hydrogens (tertiary/aromatic N) is 4. The number of aliphatic hydroxyl groups excluding tert-OH is 1. The Morgan fingerprint density at radius 1 is 1.04 bits per heavy atom. The molecule has 0 spiro atoms. The van der Waals surface area contributed by atoms with E-state index in [1.54, 1.807) is 4.57 Å². The summed E-state index contributed by atoms with van der Waals surface area (Å²) in [6.45, 7) is -2.03. The molecule has 2 aliphatic rings. The summed E-state index contributed by atoms with van der Waals surface area (Å²) in [4.78, 5) is 80.8. The fourth-order valence-corrected chi connectivity index (χ4v) is 8.22. The van der Waals surface area contributed by atoms with Gasteiger partial charge in [0.2, 0.25) is 6.29 Å². The lowest BCUT2D eigenvalue weighted by atomic mass is 9.95. The number of hydrogen-bond acceptors (Lipinski definition) is 21. The summed E-state index contributed by atoms with van der Waals surface area (Å²) >= 11 is 4.91. The summed E-state index contributed by atoms with van der Waals surface area (Å²) in [5, 5.41) is 11.1. The molecular weight excluding hydrogens is 750 g/mol. The van der Waals surface area contributed by atoms with E-state index in [4.69, 9.17) is 65.1 Å². The van der Waals surface area contributed by atoms with Gasteiger partial charge in [-0.25, -0.2) is 23.8 Å². The molecule has 2 fully saturated rings. The number of phosphoric ester groups is 1.